The monoisotopic (exact) mass is 285 g/mol. The van der Waals surface area contributed by atoms with E-state index in [1.54, 1.807) is 11.3 Å². The summed E-state index contributed by atoms with van der Waals surface area (Å²) in [6, 6.07) is 14.0. The Labute approximate surface area is 115 Å². The number of benzene rings is 1. The molecule has 17 heavy (non-hydrogen) atoms. The second kappa shape index (κ2) is 6.41. The predicted molar refractivity (Wildman–Crippen MR) is 76.1 cm³/mol. The van der Waals surface area contributed by atoms with E-state index in [1.807, 2.05) is 42.5 Å². The number of hydrogen-bond donors (Lipinski definition) is 1. The number of rotatable bonds is 5. The fourth-order valence-electron chi connectivity index (χ4n) is 1.55. The molecule has 0 fully saturated rings. The first kappa shape index (κ1) is 12.9. The highest BCUT2D eigenvalue weighted by molar-refractivity contribution is 7.16. The maximum absolute atomic E-state index is 6.29. The molecule has 0 aliphatic carbocycles. The molecule has 0 saturated carbocycles. The van der Waals surface area contributed by atoms with Gasteiger partial charge in [-0.1, -0.05) is 41.9 Å². The molecular formula is C13H13Cl2NS. The van der Waals surface area contributed by atoms with Crippen molar-refractivity contribution in [1.29, 1.82) is 0 Å². The van der Waals surface area contributed by atoms with E-state index in [0.29, 0.717) is 0 Å². The fraction of sp³-hybridized carbons (Fsp3) is 0.231. The van der Waals surface area contributed by atoms with Gasteiger partial charge in [0, 0.05) is 18.0 Å². The molecule has 1 aromatic carbocycles. The van der Waals surface area contributed by atoms with Crippen LogP contribution in [0, 0.1) is 0 Å². The van der Waals surface area contributed by atoms with Crippen LogP contribution < -0.4 is 5.32 Å². The summed E-state index contributed by atoms with van der Waals surface area (Å²) >= 11 is 13.7. The summed E-state index contributed by atoms with van der Waals surface area (Å²) in [4.78, 5) is 1.23. The first-order valence-corrected chi connectivity index (χ1v) is 7.03. The number of thiophene rings is 1. The molecule has 2 aromatic rings. The third-order valence-corrected chi connectivity index (χ3v) is 4.05. The van der Waals surface area contributed by atoms with Gasteiger partial charge in [-0.05, 0) is 17.7 Å². The van der Waals surface area contributed by atoms with Gasteiger partial charge < -0.3 is 5.32 Å². The molecule has 0 spiro atoms. The summed E-state index contributed by atoms with van der Waals surface area (Å²) in [5, 5.41) is 3.34. The van der Waals surface area contributed by atoms with Crippen LogP contribution in [0.2, 0.25) is 4.34 Å². The lowest BCUT2D eigenvalue weighted by molar-refractivity contribution is 0.681. The molecule has 1 heterocycles. The van der Waals surface area contributed by atoms with Crippen molar-refractivity contribution >= 4 is 34.5 Å². The van der Waals surface area contributed by atoms with Gasteiger partial charge in [-0.15, -0.1) is 22.9 Å². The smallest absolute Gasteiger partial charge is 0.0931 e. The van der Waals surface area contributed by atoms with Crippen LogP contribution in [0.3, 0.4) is 0 Å². The average Bonchev–Trinajstić information content (AvgIpc) is 2.76. The van der Waals surface area contributed by atoms with Crippen molar-refractivity contribution in [3.63, 3.8) is 0 Å². The van der Waals surface area contributed by atoms with Crippen LogP contribution in [0.4, 0.5) is 0 Å². The number of hydrogen-bond acceptors (Lipinski definition) is 2. The molecule has 1 unspecified atom stereocenters. The summed E-state index contributed by atoms with van der Waals surface area (Å²) in [6.07, 6.45) is 0. The van der Waals surface area contributed by atoms with Crippen LogP contribution in [0.25, 0.3) is 0 Å². The maximum atomic E-state index is 6.29. The third kappa shape index (κ3) is 4.00. The van der Waals surface area contributed by atoms with Crippen LogP contribution >= 0.6 is 34.5 Å². The van der Waals surface area contributed by atoms with Gasteiger partial charge in [-0.25, -0.2) is 0 Å². The zero-order valence-electron chi connectivity index (χ0n) is 9.20. The minimum Gasteiger partial charge on any atom is -0.310 e. The van der Waals surface area contributed by atoms with Gasteiger partial charge in [-0.3, -0.25) is 0 Å². The van der Waals surface area contributed by atoms with Crippen LogP contribution in [0.15, 0.2) is 42.5 Å². The van der Waals surface area contributed by atoms with Gasteiger partial charge in [0.1, 0.15) is 0 Å². The Morgan fingerprint density at radius 3 is 2.53 bits per heavy atom. The summed E-state index contributed by atoms with van der Waals surface area (Å²) < 4.78 is 0.826. The lowest BCUT2D eigenvalue weighted by Gasteiger charge is -2.10. The Morgan fingerprint density at radius 2 is 1.88 bits per heavy atom. The van der Waals surface area contributed by atoms with Crippen molar-refractivity contribution in [1.82, 2.24) is 5.32 Å². The lowest BCUT2D eigenvalue weighted by atomic mass is 10.1. The highest BCUT2D eigenvalue weighted by atomic mass is 35.5. The van der Waals surface area contributed by atoms with Crippen LogP contribution in [0.1, 0.15) is 15.8 Å². The summed E-state index contributed by atoms with van der Waals surface area (Å²) in [6.45, 7) is 1.56. The second-order valence-electron chi connectivity index (χ2n) is 3.71. The quantitative estimate of drug-likeness (QED) is 0.800. The number of alkyl halides is 1. The van der Waals surface area contributed by atoms with Crippen molar-refractivity contribution in [2.45, 2.75) is 11.9 Å². The Morgan fingerprint density at radius 1 is 1.12 bits per heavy atom. The third-order valence-electron chi connectivity index (χ3n) is 2.41. The van der Waals surface area contributed by atoms with Gasteiger partial charge in [0.15, 0.2) is 0 Å². The van der Waals surface area contributed by atoms with E-state index in [0.717, 1.165) is 23.0 Å². The zero-order valence-corrected chi connectivity index (χ0v) is 11.5. The van der Waals surface area contributed by atoms with Gasteiger partial charge in [0.05, 0.1) is 9.71 Å². The standard InChI is InChI=1S/C13H13Cl2NS/c14-12(10-4-2-1-3-5-10)9-16-8-11-6-7-13(15)17-11/h1-7,12,16H,8-9H2. The van der Waals surface area contributed by atoms with Gasteiger partial charge in [0.25, 0.3) is 0 Å². The topological polar surface area (TPSA) is 12.0 Å². The SMILES string of the molecule is Clc1ccc(CNCC(Cl)c2ccccc2)s1. The van der Waals surface area contributed by atoms with Crippen molar-refractivity contribution < 1.29 is 0 Å². The predicted octanol–water partition coefficient (Wildman–Crippen LogP) is 4.47. The summed E-state index contributed by atoms with van der Waals surface area (Å²) in [7, 11) is 0. The Balaban J connectivity index is 1.79. The number of halogens is 2. The normalized spacial score (nSPS) is 12.6. The molecule has 0 aliphatic heterocycles. The molecule has 0 radical (unpaired) electrons. The molecule has 90 valence electrons. The molecular weight excluding hydrogens is 273 g/mol. The van der Waals surface area contributed by atoms with Gasteiger partial charge in [-0.2, -0.15) is 0 Å². The average molecular weight is 286 g/mol. The van der Waals surface area contributed by atoms with Crippen LogP contribution in [-0.4, -0.2) is 6.54 Å². The highest BCUT2D eigenvalue weighted by Crippen LogP contribution is 2.22. The zero-order chi connectivity index (χ0) is 12.1. The molecule has 1 atom stereocenters. The van der Waals surface area contributed by atoms with Crippen LogP contribution in [0.5, 0.6) is 0 Å². The molecule has 0 saturated heterocycles. The minimum atomic E-state index is 0.00614. The molecule has 1 nitrogen and oxygen atoms in total. The van der Waals surface area contributed by atoms with Crippen molar-refractivity contribution in [3.05, 3.63) is 57.2 Å². The van der Waals surface area contributed by atoms with E-state index in [9.17, 15) is 0 Å². The molecule has 0 bridgehead atoms. The Hall–Kier alpha value is -0.540. The highest BCUT2D eigenvalue weighted by Gasteiger charge is 2.06. The van der Waals surface area contributed by atoms with Gasteiger partial charge >= 0.3 is 0 Å². The lowest BCUT2D eigenvalue weighted by Crippen LogP contribution is -2.17. The van der Waals surface area contributed by atoms with E-state index < -0.39 is 0 Å². The van der Waals surface area contributed by atoms with Crippen LogP contribution in [-0.2, 0) is 6.54 Å². The Kier molecular flexibility index (Phi) is 4.86. The van der Waals surface area contributed by atoms with E-state index >= 15 is 0 Å². The molecule has 0 aliphatic rings. The first-order chi connectivity index (χ1) is 8.25. The minimum absolute atomic E-state index is 0.00614. The number of nitrogens with one attached hydrogen (secondary N) is 1. The molecule has 1 aromatic heterocycles. The van der Waals surface area contributed by atoms with E-state index in [2.05, 4.69) is 5.32 Å². The van der Waals surface area contributed by atoms with Crippen molar-refractivity contribution in [3.8, 4) is 0 Å². The van der Waals surface area contributed by atoms with E-state index in [-0.39, 0.29) is 5.38 Å². The molecule has 2 rings (SSSR count). The maximum Gasteiger partial charge on any atom is 0.0931 e. The van der Waals surface area contributed by atoms with Crippen molar-refractivity contribution in [2.24, 2.45) is 0 Å². The Bertz CT molecular complexity index is 455. The first-order valence-electron chi connectivity index (χ1n) is 5.39. The molecule has 4 heteroatoms. The van der Waals surface area contributed by atoms with Gasteiger partial charge in [0.2, 0.25) is 0 Å². The molecule has 1 N–H and O–H groups in total. The van der Waals surface area contributed by atoms with E-state index in [4.69, 9.17) is 23.2 Å². The fourth-order valence-corrected chi connectivity index (χ4v) is 2.86. The van der Waals surface area contributed by atoms with Crippen molar-refractivity contribution in [2.75, 3.05) is 6.54 Å². The molecule has 0 amide bonds. The van der Waals surface area contributed by atoms with E-state index in [1.165, 1.54) is 4.88 Å². The summed E-state index contributed by atoms with van der Waals surface area (Å²) in [5.41, 5.74) is 1.14. The second-order valence-corrected chi connectivity index (χ2v) is 6.04. The largest absolute Gasteiger partial charge is 0.310 e. The summed E-state index contributed by atoms with van der Waals surface area (Å²) in [5.74, 6) is 0.